The fourth-order valence-electron chi connectivity index (χ4n) is 2.67. The topological polar surface area (TPSA) is 0 Å². The first-order valence-corrected chi connectivity index (χ1v) is 6.36. The van der Waals surface area contributed by atoms with Crippen LogP contribution in [0.3, 0.4) is 0 Å². The van der Waals surface area contributed by atoms with Gasteiger partial charge in [0.25, 0.3) is 0 Å². The molecule has 0 nitrogen and oxygen atoms in total. The second-order valence-electron chi connectivity index (χ2n) is 4.76. The van der Waals surface area contributed by atoms with Gasteiger partial charge in [0.05, 0.1) is 0 Å². The molecule has 1 aliphatic rings. The molecule has 1 saturated carbocycles. The third-order valence-electron chi connectivity index (χ3n) is 3.85. The second kappa shape index (κ2) is 6.45. The van der Waals surface area contributed by atoms with Gasteiger partial charge in [0.2, 0.25) is 0 Å². The van der Waals surface area contributed by atoms with E-state index < -0.39 is 0 Å². The first-order chi connectivity index (χ1) is 6.36. The Hall–Kier alpha value is 0. The van der Waals surface area contributed by atoms with Crippen LogP contribution >= 0.6 is 0 Å². The molecule has 0 aromatic heterocycles. The molecule has 0 aromatic rings. The van der Waals surface area contributed by atoms with E-state index in [-0.39, 0.29) is 0 Å². The summed E-state index contributed by atoms with van der Waals surface area (Å²) in [5.74, 6) is 2.10. The third kappa shape index (κ3) is 4.15. The van der Waals surface area contributed by atoms with E-state index >= 15 is 0 Å². The quantitative estimate of drug-likeness (QED) is 0.576. The fraction of sp³-hybridized carbons (Fsp3) is 1.00. The normalized spacial score (nSPS) is 31.8. The highest BCUT2D eigenvalue weighted by molar-refractivity contribution is 4.65. The zero-order valence-corrected chi connectivity index (χ0v) is 9.52. The van der Waals surface area contributed by atoms with Gasteiger partial charge in [-0.1, -0.05) is 71.6 Å². The van der Waals surface area contributed by atoms with Crippen LogP contribution in [0.2, 0.25) is 0 Å². The molecule has 2 atom stereocenters. The number of hydrogen-bond acceptors (Lipinski definition) is 0. The molecule has 0 heterocycles. The molecule has 0 aliphatic heterocycles. The van der Waals surface area contributed by atoms with Crippen LogP contribution in [0, 0.1) is 11.8 Å². The molecular weight excluding hydrogens is 156 g/mol. The lowest BCUT2D eigenvalue weighted by atomic mass is 9.93. The lowest BCUT2D eigenvalue weighted by molar-refractivity contribution is 0.397. The summed E-state index contributed by atoms with van der Waals surface area (Å²) in [5, 5.41) is 0. The first-order valence-electron chi connectivity index (χ1n) is 6.36. The maximum atomic E-state index is 2.36. The Morgan fingerprint density at radius 2 is 1.08 bits per heavy atom. The van der Waals surface area contributed by atoms with Crippen molar-refractivity contribution in [3.05, 3.63) is 0 Å². The summed E-state index contributed by atoms with van der Waals surface area (Å²) in [6, 6.07) is 0. The van der Waals surface area contributed by atoms with E-state index in [1.54, 1.807) is 0 Å². The molecular formula is C13H26. The molecule has 0 bridgehead atoms. The smallest absolute Gasteiger partial charge is 0.0417 e. The van der Waals surface area contributed by atoms with Gasteiger partial charge in [-0.05, 0) is 11.8 Å². The summed E-state index contributed by atoms with van der Waals surface area (Å²) in [5.41, 5.74) is 0. The van der Waals surface area contributed by atoms with Gasteiger partial charge >= 0.3 is 0 Å². The summed E-state index contributed by atoms with van der Waals surface area (Å²) in [6.45, 7) is 4.72. The Morgan fingerprint density at radius 1 is 0.692 bits per heavy atom. The van der Waals surface area contributed by atoms with Gasteiger partial charge in [-0.3, -0.25) is 0 Å². The highest BCUT2D eigenvalue weighted by Gasteiger charge is 2.12. The average Bonchev–Trinajstić information content (AvgIpc) is 2.28. The molecule has 0 N–H and O–H groups in total. The Balaban J connectivity index is 2.29. The van der Waals surface area contributed by atoms with Gasteiger partial charge in [0, 0.05) is 0 Å². The molecule has 0 radical (unpaired) electrons. The largest absolute Gasteiger partial charge is 0.0651 e. The molecule has 0 spiro atoms. The van der Waals surface area contributed by atoms with Crippen molar-refractivity contribution in [2.45, 2.75) is 71.6 Å². The van der Waals surface area contributed by atoms with E-state index in [2.05, 4.69) is 13.8 Å². The number of rotatable bonds is 2. The maximum Gasteiger partial charge on any atom is -0.0417 e. The molecule has 0 heteroatoms. The molecule has 13 heavy (non-hydrogen) atoms. The SMILES string of the molecule is CCC1CCCCC(CC)CCC1. The van der Waals surface area contributed by atoms with Crippen LogP contribution in [-0.2, 0) is 0 Å². The highest BCUT2D eigenvalue weighted by Crippen LogP contribution is 2.27. The summed E-state index contributed by atoms with van der Waals surface area (Å²) >= 11 is 0. The van der Waals surface area contributed by atoms with Gasteiger partial charge in [-0.15, -0.1) is 0 Å². The van der Waals surface area contributed by atoms with E-state index in [9.17, 15) is 0 Å². The Bertz CT molecular complexity index is 103. The fourth-order valence-corrected chi connectivity index (χ4v) is 2.67. The van der Waals surface area contributed by atoms with Gasteiger partial charge in [-0.2, -0.15) is 0 Å². The maximum absolute atomic E-state index is 2.36. The van der Waals surface area contributed by atoms with Crippen LogP contribution < -0.4 is 0 Å². The van der Waals surface area contributed by atoms with Gasteiger partial charge < -0.3 is 0 Å². The van der Waals surface area contributed by atoms with Crippen LogP contribution in [0.25, 0.3) is 0 Å². The third-order valence-corrected chi connectivity index (χ3v) is 3.85. The molecule has 78 valence electrons. The Labute approximate surface area is 84.1 Å². The predicted octanol–water partition coefficient (Wildman–Crippen LogP) is 4.78. The van der Waals surface area contributed by atoms with Crippen LogP contribution in [0.15, 0.2) is 0 Å². The van der Waals surface area contributed by atoms with Crippen LogP contribution in [0.4, 0.5) is 0 Å². The predicted molar refractivity (Wildman–Crippen MR) is 59.9 cm³/mol. The van der Waals surface area contributed by atoms with E-state index in [4.69, 9.17) is 0 Å². The molecule has 0 aromatic carbocycles. The van der Waals surface area contributed by atoms with E-state index in [1.165, 1.54) is 57.8 Å². The molecule has 2 unspecified atom stereocenters. The first kappa shape index (κ1) is 11.1. The van der Waals surface area contributed by atoms with Crippen molar-refractivity contribution >= 4 is 0 Å². The average molecular weight is 182 g/mol. The molecule has 1 aliphatic carbocycles. The Morgan fingerprint density at radius 3 is 1.46 bits per heavy atom. The number of hydrogen-bond donors (Lipinski definition) is 0. The summed E-state index contributed by atoms with van der Waals surface area (Å²) < 4.78 is 0. The van der Waals surface area contributed by atoms with Gasteiger partial charge in [-0.25, -0.2) is 0 Å². The van der Waals surface area contributed by atoms with Crippen molar-refractivity contribution in [2.75, 3.05) is 0 Å². The molecule has 1 fully saturated rings. The summed E-state index contributed by atoms with van der Waals surface area (Å²) in [7, 11) is 0. The zero-order valence-electron chi connectivity index (χ0n) is 9.52. The van der Waals surface area contributed by atoms with Crippen molar-refractivity contribution in [1.29, 1.82) is 0 Å². The minimum Gasteiger partial charge on any atom is -0.0651 e. The molecule has 0 amide bonds. The van der Waals surface area contributed by atoms with Crippen molar-refractivity contribution in [3.63, 3.8) is 0 Å². The van der Waals surface area contributed by atoms with Crippen LogP contribution in [0.5, 0.6) is 0 Å². The zero-order chi connectivity index (χ0) is 9.52. The van der Waals surface area contributed by atoms with E-state index in [1.807, 2.05) is 0 Å². The van der Waals surface area contributed by atoms with Gasteiger partial charge in [0.1, 0.15) is 0 Å². The lowest BCUT2D eigenvalue weighted by Crippen LogP contribution is -1.99. The summed E-state index contributed by atoms with van der Waals surface area (Å²) in [4.78, 5) is 0. The monoisotopic (exact) mass is 182 g/mol. The molecule has 1 rings (SSSR count). The second-order valence-corrected chi connectivity index (χ2v) is 4.76. The van der Waals surface area contributed by atoms with E-state index in [0.717, 1.165) is 11.8 Å². The minimum atomic E-state index is 1.05. The van der Waals surface area contributed by atoms with Crippen molar-refractivity contribution in [3.8, 4) is 0 Å². The van der Waals surface area contributed by atoms with E-state index in [0.29, 0.717) is 0 Å². The Kier molecular flexibility index (Phi) is 5.50. The van der Waals surface area contributed by atoms with Gasteiger partial charge in [0.15, 0.2) is 0 Å². The van der Waals surface area contributed by atoms with Crippen LogP contribution in [-0.4, -0.2) is 0 Å². The summed E-state index contributed by atoms with van der Waals surface area (Å²) in [6.07, 6.45) is 13.3. The standard InChI is InChI=1S/C13H26/c1-3-12-8-5-6-9-13(4-2)11-7-10-12/h12-13H,3-11H2,1-2H3. The molecule has 0 saturated heterocycles. The minimum absolute atomic E-state index is 1.05. The lowest BCUT2D eigenvalue weighted by Gasteiger charge is -2.13. The van der Waals surface area contributed by atoms with Crippen molar-refractivity contribution in [1.82, 2.24) is 0 Å². The van der Waals surface area contributed by atoms with Crippen LogP contribution in [0.1, 0.15) is 71.6 Å². The van der Waals surface area contributed by atoms with Crippen molar-refractivity contribution < 1.29 is 0 Å². The van der Waals surface area contributed by atoms with Crippen molar-refractivity contribution in [2.24, 2.45) is 11.8 Å². The highest BCUT2D eigenvalue weighted by atomic mass is 14.2.